The fourth-order valence-corrected chi connectivity index (χ4v) is 3.90. The Hall–Kier alpha value is -3.73. The summed E-state index contributed by atoms with van der Waals surface area (Å²) >= 11 is 0. The van der Waals surface area contributed by atoms with Crippen molar-refractivity contribution < 1.29 is 19.1 Å². The number of aliphatic hydroxyl groups is 1. The van der Waals surface area contributed by atoms with E-state index in [1.165, 1.54) is 29.2 Å². The normalized spacial score (nSPS) is 18.1. The molecule has 1 aliphatic heterocycles. The number of carbonyl (C=O) groups excluding carboxylic acids is 2. The van der Waals surface area contributed by atoms with E-state index in [-0.39, 0.29) is 11.3 Å². The summed E-state index contributed by atoms with van der Waals surface area (Å²) in [6.45, 7) is 3.81. The van der Waals surface area contributed by atoms with Crippen LogP contribution in [0.4, 0.5) is 10.1 Å². The standard InChI is InChI=1S/C25H20FNO3/c1-15-12-16(2)14-20(13-15)27-22(17-8-10-19(26)11-9-17)21(24(29)25(27)30)23(28)18-6-4-3-5-7-18/h3-14,22,28H,1-2H3/b23-21+. The van der Waals surface area contributed by atoms with Gasteiger partial charge in [0.05, 0.1) is 11.6 Å². The number of anilines is 1. The summed E-state index contributed by atoms with van der Waals surface area (Å²) in [6, 6.07) is 18.9. The molecule has 1 saturated heterocycles. The molecule has 1 aliphatic rings. The molecule has 0 aromatic heterocycles. The Kier molecular flexibility index (Phi) is 4.96. The number of rotatable bonds is 3. The van der Waals surface area contributed by atoms with Crippen molar-refractivity contribution in [1.29, 1.82) is 0 Å². The number of amides is 1. The zero-order chi connectivity index (χ0) is 21.4. The summed E-state index contributed by atoms with van der Waals surface area (Å²) in [7, 11) is 0. The van der Waals surface area contributed by atoms with E-state index in [4.69, 9.17) is 0 Å². The molecule has 0 spiro atoms. The Morgan fingerprint density at radius 3 is 2.10 bits per heavy atom. The Balaban J connectivity index is 1.97. The fraction of sp³-hybridized carbons (Fsp3) is 0.120. The van der Waals surface area contributed by atoms with Crippen LogP contribution in [-0.2, 0) is 9.59 Å². The molecule has 150 valence electrons. The van der Waals surface area contributed by atoms with Crippen LogP contribution in [0.1, 0.15) is 28.3 Å². The first-order valence-corrected chi connectivity index (χ1v) is 9.57. The van der Waals surface area contributed by atoms with Gasteiger partial charge in [-0.2, -0.15) is 0 Å². The molecule has 1 amide bonds. The van der Waals surface area contributed by atoms with Gasteiger partial charge in [0.25, 0.3) is 11.7 Å². The van der Waals surface area contributed by atoms with Gasteiger partial charge in [-0.15, -0.1) is 0 Å². The van der Waals surface area contributed by atoms with E-state index in [0.717, 1.165) is 11.1 Å². The minimum atomic E-state index is -0.869. The van der Waals surface area contributed by atoms with E-state index in [1.54, 1.807) is 30.3 Å². The second-order valence-corrected chi connectivity index (χ2v) is 7.43. The third kappa shape index (κ3) is 3.39. The van der Waals surface area contributed by atoms with Gasteiger partial charge >= 0.3 is 0 Å². The number of hydrogen-bond donors (Lipinski definition) is 1. The van der Waals surface area contributed by atoms with Crippen molar-refractivity contribution in [3.8, 4) is 0 Å². The molecular formula is C25H20FNO3. The van der Waals surface area contributed by atoms with Crippen molar-refractivity contribution in [1.82, 2.24) is 0 Å². The summed E-state index contributed by atoms with van der Waals surface area (Å²) < 4.78 is 13.6. The number of nitrogens with zero attached hydrogens (tertiary/aromatic N) is 1. The Morgan fingerprint density at radius 1 is 0.900 bits per heavy atom. The lowest BCUT2D eigenvalue weighted by Crippen LogP contribution is -2.29. The van der Waals surface area contributed by atoms with E-state index in [1.807, 2.05) is 32.0 Å². The number of benzene rings is 3. The summed E-state index contributed by atoms with van der Waals surface area (Å²) in [5.41, 5.74) is 3.38. The molecule has 0 bridgehead atoms. The first-order valence-electron chi connectivity index (χ1n) is 9.57. The first kappa shape index (κ1) is 19.6. The SMILES string of the molecule is Cc1cc(C)cc(N2C(=O)C(=O)/C(=C(/O)c3ccccc3)C2c2ccc(F)cc2)c1. The van der Waals surface area contributed by atoms with Crippen LogP contribution in [0.15, 0.2) is 78.4 Å². The van der Waals surface area contributed by atoms with Gasteiger partial charge in [0.1, 0.15) is 11.6 Å². The molecule has 3 aromatic carbocycles. The van der Waals surface area contributed by atoms with Gasteiger partial charge in [-0.3, -0.25) is 14.5 Å². The van der Waals surface area contributed by atoms with Crippen LogP contribution < -0.4 is 4.90 Å². The van der Waals surface area contributed by atoms with E-state index >= 15 is 0 Å². The minimum Gasteiger partial charge on any atom is -0.507 e. The van der Waals surface area contributed by atoms with Gasteiger partial charge in [-0.1, -0.05) is 48.5 Å². The highest BCUT2D eigenvalue weighted by molar-refractivity contribution is 6.51. The largest absolute Gasteiger partial charge is 0.507 e. The number of halogens is 1. The van der Waals surface area contributed by atoms with Crippen LogP contribution in [0.2, 0.25) is 0 Å². The number of hydrogen-bond acceptors (Lipinski definition) is 3. The maximum atomic E-state index is 13.6. The van der Waals surface area contributed by atoms with Crippen LogP contribution in [0.5, 0.6) is 0 Å². The van der Waals surface area contributed by atoms with Crippen molar-refractivity contribution in [2.75, 3.05) is 4.90 Å². The number of Topliss-reactive ketones (excluding diaryl/α,β-unsaturated/α-hetero) is 1. The third-order valence-corrected chi connectivity index (χ3v) is 5.16. The lowest BCUT2D eigenvalue weighted by atomic mass is 9.95. The smallest absolute Gasteiger partial charge is 0.300 e. The third-order valence-electron chi connectivity index (χ3n) is 5.16. The van der Waals surface area contributed by atoms with Gasteiger partial charge in [0.2, 0.25) is 0 Å². The highest BCUT2D eigenvalue weighted by Crippen LogP contribution is 2.42. The van der Waals surface area contributed by atoms with E-state index in [9.17, 15) is 19.1 Å². The summed E-state index contributed by atoms with van der Waals surface area (Å²) in [5.74, 6) is -2.18. The van der Waals surface area contributed by atoms with E-state index in [2.05, 4.69) is 0 Å². The van der Waals surface area contributed by atoms with Crippen LogP contribution in [-0.4, -0.2) is 16.8 Å². The predicted octanol–water partition coefficient (Wildman–Crippen LogP) is 5.07. The Morgan fingerprint density at radius 2 is 1.50 bits per heavy atom. The summed E-state index contributed by atoms with van der Waals surface area (Å²) in [4.78, 5) is 27.5. The Labute approximate surface area is 173 Å². The second kappa shape index (κ2) is 7.59. The maximum Gasteiger partial charge on any atom is 0.300 e. The van der Waals surface area contributed by atoms with Gasteiger partial charge in [0.15, 0.2) is 0 Å². The van der Waals surface area contributed by atoms with Crippen LogP contribution in [0.3, 0.4) is 0 Å². The number of aryl methyl sites for hydroxylation is 2. The Bertz CT molecular complexity index is 1150. The van der Waals surface area contributed by atoms with E-state index in [0.29, 0.717) is 16.8 Å². The van der Waals surface area contributed by atoms with Crippen molar-refractivity contribution >= 4 is 23.1 Å². The van der Waals surface area contributed by atoms with Gasteiger partial charge in [-0.05, 0) is 54.8 Å². The molecule has 1 N–H and O–H groups in total. The molecule has 0 radical (unpaired) electrons. The average Bonchev–Trinajstić information content (AvgIpc) is 2.99. The monoisotopic (exact) mass is 401 g/mol. The highest BCUT2D eigenvalue weighted by atomic mass is 19.1. The maximum absolute atomic E-state index is 13.6. The number of carbonyl (C=O) groups is 2. The van der Waals surface area contributed by atoms with Crippen LogP contribution in [0, 0.1) is 19.7 Å². The molecule has 0 saturated carbocycles. The lowest BCUT2D eigenvalue weighted by molar-refractivity contribution is -0.132. The highest BCUT2D eigenvalue weighted by Gasteiger charge is 2.47. The molecule has 1 atom stereocenters. The molecule has 0 aliphatic carbocycles. The molecule has 1 unspecified atom stereocenters. The van der Waals surface area contributed by atoms with Gasteiger partial charge in [0, 0.05) is 11.3 Å². The quantitative estimate of drug-likeness (QED) is 0.379. The zero-order valence-corrected chi connectivity index (χ0v) is 16.6. The number of aliphatic hydroxyl groups excluding tert-OH is 1. The topological polar surface area (TPSA) is 57.6 Å². The average molecular weight is 401 g/mol. The van der Waals surface area contributed by atoms with E-state index < -0.39 is 23.5 Å². The van der Waals surface area contributed by atoms with Gasteiger partial charge < -0.3 is 5.11 Å². The van der Waals surface area contributed by atoms with Crippen molar-refractivity contribution in [3.63, 3.8) is 0 Å². The molecule has 3 aromatic rings. The minimum absolute atomic E-state index is 0.0167. The molecule has 4 nitrogen and oxygen atoms in total. The van der Waals surface area contributed by atoms with Crippen molar-refractivity contribution in [3.05, 3.63) is 106 Å². The molecule has 5 heteroatoms. The summed E-state index contributed by atoms with van der Waals surface area (Å²) in [5, 5.41) is 11.0. The van der Waals surface area contributed by atoms with Crippen molar-refractivity contribution in [2.24, 2.45) is 0 Å². The van der Waals surface area contributed by atoms with Gasteiger partial charge in [-0.25, -0.2) is 4.39 Å². The predicted molar refractivity (Wildman–Crippen MR) is 114 cm³/mol. The lowest BCUT2D eigenvalue weighted by Gasteiger charge is -2.26. The molecule has 30 heavy (non-hydrogen) atoms. The zero-order valence-electron chi connectivity index (χ0n) is 16.6. The molecule has 4 rings (SSSR count). The molecular weight excluding hydrogens is 381 g/mol. The van der Waals surface area contributed by atoms with Crippen molar-refractivity contribution in [2.45, 2.75) is 19.9 Å². The second-order valence-electron chi connectivity index (χ2n) is 7.43. The van der Waals surface area contributed by atoms with Crippen LogP contribution >= 0.6 is 0 Å². The summed E-state index contributed by atoms with van der Waals surface area (Å²) in [6.07, 6.45) is 0. The first-order chi connectivity index (χ1) is 14.4. The molecule has 1 fully saturated rings. The molecule has 1 heterocycles. The number of ketones is 1. The van der Waals surface area contributed by atoms with Crippen LogP contribution in [0.25, 0.3) is 5.76 Å². The fourth-order valence-electron chi connectivity index (χ4n) is 3.90.